The van der Waals surface area contributed by atoms with Crippen LogP contribution in [0.25, 0.3) is 0 Å². The fourth-order valence-electron chi connectivity index (χ4n) is 1.91. The van der Waals surface area contributed by atoms with Gasteiger partial charge in [-0.1, -0.05) is 30.3 Å². The molecule has 0 aromatic heterocycles. The normalized spacial score (nSPS) is 20.6. The van der Waals surface area contributed by atoms with E-state index < -0.39 is 0 Å². The molecule has 1 fully saturated rings. The van der Waals surface area contributed by atoms with Crippen molar-refractivity contribution in [3.8, 4) is 0 Å². The molecule has 1 aromatic rings. The topological polar surface area (TPSA) is 55.6 Å². The van der Waals surface area contributed by atoms with E-state index in [1.54, 1.807) is 0 Å². The standard InChI is InChI=1S/C12H16N2O2.ClH/c13-12(15)11-9-16-7-6-14(11)8-10-4-2-1-3-5-10;/h1-5,11H,6-9H2,(H2,13,15);1H/t11-;/m1./s1. The van der Waals surface area contributed by atoms with E-state index >= 15 is 0 Å². The fourth-order valence-corrected chi connectivity index (χ4v) is 1.91. The second-order valence-electron chi connectivity index (χ2n) is 3.95. The molecular weight excluding hydrogens is 240 g/mol. The van der Waals surface area contributed by atoms with E-state index in [9.17, 15) is 4.79 Å². The van der Waals surface area contributed by atoms with E-state index in [1.807, 2.05) is 30.3 Å². The van der Waals surface area contributed by atoms with E-state index in [4.69, 9.17) is 10.5 Å². The Morgan fingerprint density at radius 3 is 2.76 bits per heavy atom. The van der Waals surface area contributed by atoms with Crippen molar-refractivity contribution in [2.45, 2.75) is 12.6 Å². The molecule has 2 rings (SSSR count). The number of rotatable bonds is 3. The van der Waals surface area contributed by atoms with E-state index in [1.165, 1.54) is 5.56 Å². The summed E-state index contributed by atoms with van der Waals surface area (Å²) in [7, 11) is 0. The maximum Gasteiger partial charge on any atom is 0.237 e. The number of nitrogens with two attached hydrogens (primary N) is 1. The zero-order valence-corrected chi connectivity index (χ0v) is 10.4. The average molecular weight is 257 g/mol. The van der Waals surface area contributed by atoms with Gasteiger partial charge in [-0.05, 0) is 5.56 Å². The summed E-state index contributed by atoms with van der Waals surface area (Å²) in [4.78, 5) is 13.3. The molecule has 1 saturated heterocycles. The molecule has 0 unspecified atom stereocenters. The van der Waals surface area contributed by atoms with Crippen molar-refractivity contribution in [2.75, 3.05) is 19.8 Å². The van der Waals surface area contributed by atoms with E-state index in [0.29, 0.717) is 13.2 Å². The van der Waals surface area contributed by atoms with Crippen LogP contribution in [0.4, 0.5) is 0 Å². The summed E-state index contributed by atoms with van der Waals surface area (Å²) in [6.07, 6.45) is 0. The van der Waals surface area contributed by atoms with Crippen LogP contribution in [-0.4, -0.2) is 36.6 Å². The van der Waals surface area contributed by atoms with Gasteiger partial charge in [-0.3, -0.25) is 9.69 Å². The van der Waals surface area contributed by atoms with Crippen LogP contribution in [0.3, 0.4) is 0 Å². The highest BCUT2D eigenvalue weighted by atomic mass is 35.5. The van der Waals surface area contributed by atoms with Gasteiger partial charge >= 0.3 is 0 Å². The Kier molecular flexibility index (Phi) is 5.41. The smallest absolute Gasteiger partial charge is 0.237 e. The van der Waals surface area contributed by atoms with Crippen molar-refractivity contribution in [3.05, 3.63) is 35.9 Å². The van der Waals surface area contributed by atoms with Crippen LogP contribution < -0.4 is 5.73 Å². The molecule has 0 aliphatic carbocycles. The lowest BCUT2D eigenvalue weighted by Crippen LogP contribution is -2.51. The molecule has 0 radical (unpaired) electrons. The highest BCUT2D eigenvalue weighted by molar-refractivity contribution is 5.85. The number of morpholine rings is 1. The number of hydrogen-bond acceptors (Lipinski definition) is 3. The van der Waals surface area contributed by atoms with Crippen LogP contribution in [0.5, 0.6) is 0 Å². The highest BCUT2D eigenvalue weighted by Crippen LogP contribution is 2.11. The number of hydrogen-bond donors (Lipinski definition) is 1. The second-order valence-corrected chi connectivity index (χ2v) is 3.95. The quantitative estimate of drug-likeness (QED) is 0.870. The number of carbonyl (C=O) groups excluding carboxylic acids is 1. The maximum absolute atomic E-state index is 11.3. The molecule has 0 saturated carbocycles. The molecule has 0 bridgehead atoms. The summed E-state index contributed by atoms with van der Waals surface area (Å²) in [6, 6.07) is 9.77. The van der Waals surface area contributed by atoms with E-state index in [-0.39, 0.29) is 24.4 Å². The average Bonchev–Trinajstić information content (AvgIpc) is 2.31. The minimum atomic E-state index is -0.310. The first kappa shape index (κ1) is 14.0. The lowest BCUT2D eigenvalue weighted by molar-refractivity contribution is -0.129. The first-order chi connectivity index (χ1) is 7.77. The third kappa shape index (κ3) is 3.70. The lowest BCUT2D eigenvalue weighted by atomic mass is 10.1. The van der Waals surface area contributed by atoms with Crippen molar-refractivity contribution in [3.63, 3.8) is 0 Å². The van der Waals surface area contributed by atoms with Crippen LogP contribution in [0, 0.1) is 0 Å². The summed E-state index contributed by atoms with van der Waals surface area (Å²) >= 11 is 0. The third-order valence-corrected chi connectivity index (χ3v) is 2.80. The van der Waals surface area contributed by atoms with Crippen LogP contribution >= 0.6 is 12.4 Å². The first-order valence-corrected chi connectivity index (χ1v) is 5.42. The predicted octanol–water partition coefficient (Wildman–Crippen LogP) is 0.794. The third-order valence-electron chi connectivity index (χ3n) is 2.80. The molecule has 1 amide bonds. The number of nitrogens with zero attached hydrogens (tertiary/aromatic N) is 1. The molecule has 0 spiro atoms. The summed E-state index contributed by atoms with van der Waals surface area (Å²) in [5.41, 5.74) is 6.54. The van der Waals surface area contributed by atoms with Crippen LogP contribution in [0.15, 0.2) is 30.3 Å². The van der Waals surface area contributed by atoms with Gasteiger partial charge in [0.25, 0.3) is 0 Å². The minimum Gasteiger partial charge on any atom is -0.378 e. The Morgan fingerprint density at radius 2 is 2.12 bits per heavy atom. The van der Waals surface area contributed by atoms with Gasteiger partial charge in [0.05, 0.1) is 13.2 Å². The molecule has 1 aliphatic heterocycles. The molecule has 1 aromatic carbocycles. The Bertz CT molecular complexity index is 359. The van der Waals surface area contributed by atoms with Crippen molar-refractivity contribution in [2.24, 2.45) is 5.73 Å². The van der Waals surface area contributed by atoms with Crippen LogP contribution in [-0.2, 0) is 16.1 Å². The molecule has 2 N–H and O–H groups in total. The SMILES string of the molecule is Cl.NC(=O)[C@H]1COCCN1Cc1ccccc1. The van der Waals surface area contributed by atoms with Gasteiger partial charge in [0, 0.05) is 13.1 Å². The molecule has 17 heavy (non-hydrogen) atoms. The highest BCUT2D eigenvalue weighted by Gasteiger charge is 2.27. The number of halogens is 1. The van der Waals surface area contributed by atoms with E-state index in [0.717, 1.165) is 13.1 Å². The van der Waals surface area contributed by atoms with Gasteiger partial charge < -0.3 is 10.5 Å². The Labute approximate surface area is 107 Å². The molecular formula is C12H17ClN2O2. The Balaban J connectivity index is 0.00000144. The Hall–Kier alpha value is -1.10. The lowest BCUT2D eigenvalue weighted by Gasteiger charge is -2.33. The summed E-state index contributed by atoms with van der Waals surface area (Å²) in [5, 5.41) is 0. The number of primary amides is 1. The molecule has 94 valence electrons. The van der Waals surface area contributed by atoms with Gasteiger partial charge in [-0.25, -0.2) is 0 Å². The summed E-state index contributed by atoms with van der Waals surface area (Å²) in [5.74, 6) is -0.310. The molecule has 5 heteroatoms. The largest absolute Gasteiger partial charge is 0.378 e. The second kappa shape index (κ2) is 6.59. The first-order valence-electron chi connectivity index (χ1n) is 5.42. The van der Waals surface area contributed by atoms with Gasteiger partial charge in [0.15, 0.2) is 0 Å². The molecule has 1 atom stereocenters. The van der Waals surface area contributed by atoms with E-state index in [2.05, 4.69) is 4.90 Å². The maximum atomic E-state index is 11.3. The summed E-state index contributed by atoms with van der Waals surface area (Å²) in [6.45, 7) is 2.57. The van der Waals surface area contributed by atoms with Crippen molar-refractivity contribution >= 4 is 18.3 Å². The van der Waals surface area contributed by atoms with Crippen molar-refractivity contribution in [1.29, 1.82) is 0 Å². The zero-order chi connectivity index (χ0) is 11.4. The van der Waals surface area contributed by atoms with Crippen LogP contribution in [0.2, 0.25) is 0 Å². The van der Waals surface area contributed by atoms with Gasteiger partial charge in [-0.15, -0.1) is 12.4 Å². The van der Waals surface area contributed by atoms with Crippen molar-refractivity contribution in [1.82, 2.24) is 4.90 Å². The summed E-state index contributed by atoms with van der Waals surface area (Å²) < 4.78 is 5.27. The number of carbonyl (C=O) groups is 1. The van der Waals surface area contributed by atoms with Gasteiger partial charge in [0.2, 0.25) is 5.91 Å². The monoisotopic (exact) mass is 256 g/mol. The fraction of sp³-hybridized carbons (Fsp3) is 0.417. The molecule has 1 heterocycles. The minimum absolute atomic E-state index is 0. The number of amides is 1. The Morgan fingerprint density at radius 1 is 1.41 bits per heavy atom. The predicted molar refractivity (Wildman–Crippen MR) is 67.9 cm³/mol. The van der Waals surface area contributed by atoms with Gasteiger partial charge in [-0.2, -0.15) is 0 Å². The van der Waals surface area contributed by atoms with Crippen LogP contribution in [0.1, 0.15) is 5.56 Å². The number of ether oxygens (including phenoxy) is 1. The van der Waals surface area contributed by atoms with Gasteiger partial charge in [0.1, 0.15) is 6.04 Å². The molecule has 1 aliphatic rings. The molecule has 4 nitrogen and oxygen atoms in total. The number of benzene rings is 1. The van der Waals surface area contributed by atoms with Crippen molar-refractivity contribution < 1.29 is 9.53 Å². The zero-order valence-electron chi connectivity index (χ0n) is 9.54.